The Labute approximate surface area is 116 Å². The van der Waals surface area contributed by atoms with Crippen molar-refractivity contribution >= 4 is 17.3 Å². The number of nitrogens with zero attached hydrogens (tertiary/aromatic N) is 1. The van der Waals surface area contributed by atoms with E-state index in [9.17, 15) is 14.9 Å². The lowest BCUT2D eigenvalue weighted by molar-refractivity contribution is -0.384. The molecule has 7 nitrogen and oxygen atoms in total. The second-order valence-electron chi connectivity index (χ2n) is 4.96. The number of nitrogens with two attached hydrogens (primary N) is 1. The minimum Gasteiger partial charge on any atom is -0.495 e. The van der Waals surface area contributed by atoms with E-state index in [2.05, 4.69) is 5.32 Å². The molecule has 0 spiro atoms. The Hall–Kier alpha value is -2.15. The van der Waals surface area contributed by atoms with Crippen molar-refractivity contribution in [2.24, 2.45) is 5.73 Å². The summed E-state index contributed by atoms with van der Waals surface area (Å²) in [6, 6.07) is 4.04. The van der Waals surface area contributed by atoms with Crippen LogP contribution in [0.15, 0.2) is 18.2 Å². The van der Waals surface area contributed by atoms with Crippen LogP contribution in [0.1, 0.15) is 25.7 Å². The van der Waals surface area contributed by atoms with Crippen molar-refractivity contribution in [3.63, 3.8) is 0 Å². The fourth-order valence-corrected chi connectivity index (χ4v) is 2.39. The molecule has 1 aromatic rings. The molecular formula is C13H17N3O4. The average molecular weight is 279 g/mol. The Bertz CT molecular complexity index is 538. The molecule has 0 aromatic heterocycles. The maximum Gasteiger partial charge on any atom is 0.271 e. The van der Waals surface area contributed by atoms with Crippen LogP contribution >= 0.6 is 0 Å². The molecule has 1 saturated carbocycles. The SMILES string of the molecule is COc1ccc([N+](=O)[O-])cc1NC(=O)C1(N)CCCC1. The van der Waals surface area contributed by atoms with Crippen molar-refractivity contribution in [3.05, 3.63) is 28.3 Å². The molecule has 1 fully saturated rings. The lowest BCUT2D eigenvalue weighted by Gasteiger charge is -2.22. The molecule has 0 unspecified atom stereocenters. The molecule has 0 atom stereocenters. The molecule has 0 saturated heterocycles. The smallest absolute Gasteiger partial charge is 0.271 e. The van der Waals surface area contributed by atoms with Crippen LogP contribution in [0.3, 0.4) is 0 Å². The van der Waals surface area contributed by atoms with E-state index in [4.69, 9.17) is 10.5 Å². The number of anilines is 1. The van der Waals surface area contributed by atoms with Crippen LogP contribution in [0.25, 0.3) is 0 Å². The molecule has 3 N–H and O–H groups in total. The third-order valence-corrected chi connectivity index (χ3v) is 3.59. The summed E-state index contributed by atoms with van der Waals surface area (Å²) in [4.78, 5) is 22.5. The van der Waals surface area contributed by atoms with Gasteiger partial charge in [-0.25, -0.2) is 0 Å². The molecule has 1 amide bonds. The highest BCUT2D eigenvalue weighted by Gasteiger charge is 2.37. The van der Waals surface area contributed by atoms with Crippen molar-refractivity contribution in [2.45, 2.75) is 31.2 Å². The van der Waals surface area contributed by atoms with E-state index < -0.39 is 10.5 Å². The fraction of sp³-hybridized carbons (Fsp3) is 0.462. The number of ether oxygens (including phenoxy) is 1. The molecule has 1 aliphatic carbocycles. The van der Waals surface area contributed by atoms with E-state index in [1.54, 1.807) is 0 Å². The van der Waals surface area contributed by atoms with Gasteiger partial charge in [0, 0.05) is 12.1 Å². The summed E-state index contributed by atoms with van der Waals surface area (Å²) in [5.74, 6) is 0.0411. The molecule has 0 bridgehead atoms. The molecule has 2 rings (SSSR count). The predicted molar refractivity (Wildman–Crippen MR) is 73.7 cm³/mol. The first-order valence-corrected chi connectivity index (χ1v) is 6.39. The molecular weight excluding hydrogens is 262 g/mol. The topological polar surface area (TPSA) is 107 Å². The van der Waals surface area contributed by atoms with Crippen LogP contribution in [0.4, 0.5) is 11.4 Å². The third kappa shape index (κ3) is 2.72. The van der Waals surface area contributed by atoms with Gasteiger partial charge in [-0.05, 0) is 18.9 Å². The first-order chi connectivity index (χ1) is 9.46. The zero-order valence-corrected chi connectivity index (χ0v) is 11.2. The summed E-state index contributed by atoms with van der Waals surface area (Å²) in [6.45, 7) is 0. The van der Waals surface area contributed by atoms with Gasteiger partial charge < -0.3 is 15.8 Å². The van der Waals surface area contributed by atoms with Gasteiger partial charge in [-0.15, -0.1) is 0 Å². The maximum atomic E-state index is 12.2. The van der Waals surface area contributed by atoms with Gasteiger partial charge in [0.25, 0.3) is 5.69 Å². The third-order valence-electron chi connectivity index (χ3n) is 3.59. The van der Waals surface area contributed by atoms with Crippen LogP contribution in [-0.4, -0.2) is 23.5 Å². The number of carbonyl (C=O) groups is 1. The van der Waals surface area contributed by atoms with Gasteiger partial charge in [0.1, 0.15) is 5.75 Å². The summed E-state index contributed by atoms with van der Waals surface area (Å²) in [5, 5.41) is 13.4. The lowest BCUT2D eigenvalue weighted by Crippen LogP contribution is -2.48. The summed E-state index contributed by atoms with van der Waals surface area (Å²) >= 11 is 0. The first kappa shape index (κ1) is 14.3. The second-order valence-corrected chi connectivity index (χ2v) is 4.96. The minimum absolute atomic E-state index is 0.112. The fourth-order valence-electron chi connectivity index (χ4n) is 2.39. The maximum absolute atomic E-state index is 12.2. The molecule has 0 heterocycles. The largest absolute Gasteiger partial charge is 0.495 e. The second kappa shape index (κ2) is 5.46. The Morgan fingerprint density at radius 3 is 2.65 bits per heavy atom. The predicted octanol–water partition coefficient (Wildman–Crippen LogP) is 1.81. The Morgan fingerprint density at radius 2 is 2.10 bits per heavy atom. The van der Waals surface area contributed by atoms with Crippen molar-refractivity contribution in [1.29, 1.82) is 0 Å². The number of non-ortho nitro benzene ring substituents is 1. The van der Waals surface area contributed by atoms with E-state index in [-0.39, 0.29) is 17.3 Å². The number of amides is 1. The number of benzene rings is 1. The first-order valence-electron chi connectivity index (χ1n) is 6.39. The van der Waals surface area contributed by atoms with Gasteiger partial charge in [0.2, 0.25) is 5.91 Å². The zero-order chi connectivity index (χ0) is 14.8. The number of hydrogen-bond acceptors (Lipinski definition) is 5. The summed E-state index contributed by atoms with van der Waals surface area (Å²) in [6.07, 6.45) is 3.07. The normalized spacial score (nSPS) is 16.7. The average Bonchev–Trinajstić information content (AvgIpc) is 2.87. The van der Waals surface area contributed by atoms with Crippen LogP contribution in [0, 0.1) is 10.1 Å². The zero-order valence-electron chi connectivity index (χ0n) is 11.2. The number of carbonyl (C=O) groups excluding carboxylic acids is 1. The quantitative estimate of drug-likeness (QED) is 0.645. The highest BCUT2D eigenvalue weighted by molar-refractivity contribution is 5.99. The number of nitrogens with one attached hydrogen (secondary N) is 1. The molecule has 20 heavy (non-hydrogen) atoms. The van der Waals surface area contributed by atoms with E-state index in [0.29, 0.717) is 18.6 Å². The van der Waals surface area contributed by atoms with Crippen LogP contribution in [-0.2, 0) is 4.79 Å². The Kier molecular flexibility index (Phi) is 3.89. The van der Waals surface area contributed by atoms with Crippen LogP contribution in [0.2, 0.25) is 0 Å². The number of hydrogen-bond donors (Lipinski definition) is 2. The highest BCUT2D eigenvalue weighted by Crippen LogP contribution is 2.32. The summed E-state index contributed by atoms with van der Waals surface area (Å²) < 4.78 is 5.10. The van der Waals surface area contributed by atoms with Crippen LogP contribution < -0.4 is 15.8 Å². The number of nitro benzene ring substituents is 1. The standard InChI is InChI=1S/C13H17N3O4/c1-20-11-5-4-9(16(18)19)8-10(11)15-12(17)13(14)6-2-3-7-13/h4-5,8H,2-3,6-7,14H2,1H3,(H,15,17). The van der Waals surface area contributed by atoms with Crippen molar-refractivity contribution in [2.75, 3.05) is 12.4 Å². The molecule has 0 radical (unpaired) electrons. The van der Waals surface area contributed by atoms with Gasteiger partial charge in [0.05, 0.1) is 23.3 Å². The van der Waals surface area contributed by atoms with Gasteiger partial charge in [-0.2, -0.15) is 0 Å². The summed E-state index contributed by atoms with van der Waals surface area (Å²) in [7, 11) is 1.44. The molecule has 0 aliphatic heterocycles. The molecule has 1 aliphatic rings. The van der Waals surface area contributed by atoms with Crippen LogP contribution in [0.5, 0.6) is 5.75 Å². The van der Waals surface area contributed by atoms with E-state index in [0.717, 1.165) is 12.8 Å². The van der Waals surface area contributed by atoms with Crippen molar-refractivity contribution in [1.82, 2.24) is 0 Å². The van der Waals surface area contributed by atoms with Gasteiger partial charge in [-0.3, -0.25) is 14.9 Å². The van der Waals surface area contributed by atoms with E-state index in [1.165, 1.54) is 25.3 Å². The van der Waals surface area contributed by atoms with Gasteiger partial charge >= 0.3 is 0 Å². The summed E-state index contributed by atoms with van der Waals surface area (Å²) in [5.41, 5.74) is 5.31. The molecule has 7 heteroatoms. The van der Waals surface area contributed by atoms with Gasteiger partial charge in [-0.1, -0.05) is 12.8 Å². The monoisotopic (exact) mass is 279 g/mol. The van der Waals surface area contributed by atoms with Crippen molar-refractivity contribution in [3.8, 4) is 5.75 Å². The number of rotatable bonds is 4. The highest BCUT2D eigenvalue weighted by atomic mass is 16.6. The number of methoxy groups -OCH3 is 1. The Morgan fingerprint density at radius 1 is 1.45 bits per heavy atom. The van der Waals surface area contributed by atoms with Gasteiger partial charge in [0.15, 0.2) is 0 Å². The minimum atomic E-state index is -0.893. The molecule has 1 aromatic carbocycles. The van der Waals surface area contributed by atoms with E-state index in [1.807, 2.05) is 0 Å². The number of nitro groups is 1. The van der Waals surface area contributed by atoms with Crippen molar-refractivity contribution < 1.29 is 14.5 Å². The van der Waals surface area contributed by atoms with E-state index >= 15 is 0 Å². The lowest BCUT2D eigenvalue weighted by atomic mass is 9.98. The Balaban J connectivity index is 2.25. The molecule has 108 valence electrons.